The van der Waals surface area contributed by atoms with Gasteiger partial charge >= 0.3 is 0 Å². The lowest BCUT2D eigenvalue weighted by atomic mass is 10.2. The van der Waals surface area contributed by atoms with Gasteiger partial charge in [0.05, 0.1) is 11.5 Å². The van der Waals surface area contributed by atoms with E-state index in [-0.39, 0.29) is 11.8 Å². The summed E-state index contributed by atoms with van der Waals surface area (Å²) >= 11 is 1.33. The zero-order valence-electron chi connectivity index (χ0n) is 14.2. The smallest absolute Gasteiger partial charge is 0.261 e. The summed E-state index contributed by atoms with van der Waals surface area (Å²) in [6.07, 6.45) is 1.64. The Morgan fingerprint density at radius 2 is 2.12 bits per heavy atom. The molecular weight excluding hydrogens is 342 g/mol. The Morgan fingerprint density at radius 3 is 2.76 bits per heavy atom. The van der Waals surface area contributed by atoms with Crippen molar-refractivity contribution in [3.8, 4) is 5.88 Å². The number of ether oxygens (including phenoxy) is 2. The van der Waals surface area contributed by atoms with Crippen molar-refractivity contribution in [2.45, 2.75) is 19.5 Å². The lowest BCUT2D eigenvalue weighted by molar-refractivity contribution is -0.122. The van der Waals surface area contributed by atoms with Crippen molar-refractivity contribution in [1.82, 2.24) is 15.6 Å². The highest BCUT2D eigenvalue weighted by Crippen LogP contribution is 2.09. The van der Waals surface area contributed by atoms with E-state index < -0.39 is 6.04 Å². The molecule has 0 bridgehead atoms. The molecule has 0 aliphatic rings. The Labute approximate surface area is 150 Å². The number of rotatable bonds is 9. The first-order chi connectivity index (χ1) is 12.1. The molecule has 2 rings (SSSR count). The molecule has 0 saturated heterocycles. The van der Waals surface area contributed by atoms with Gasteiger partial charge in [-0.3, -0.25) is 9.59 Å². The molecule has 2 amide bonds. The molecule has 0 aliphatic carbocycles. The van der Waals surface area contributed by atoms with Crippen LogP contribution in [0, 0.1) is 0 Å². The van der Waals surface area contributed by atoms with Crippen molar-refractivity contribution >= 4 is 23.2 Å². The number of aromatic nitrogens is 1. The minimum absolute atomic E-state index is 0.253. The van der Waals surface area contributed by atoms with Crippen LogP contribution >= 0.6 is 11.3 Å². The van der Waals surface area contributed by atoms with Crippen LogP contribution in [-0.4, -0.2) is 43.2 Å². The minimum atomic E-state index is -0.626. The zero-order valence-corrected chi connectivity index (χ0v) is 15.0. The van der Waals surface area contributed by atoms with Gasteiger partial charge in [0, 0.05) is 25.9 Å². The highest BCUT2D eigenvalue weighted by Gasteiger charge is 2.16. The largest absolute Gasteiger partial charge is 0.475 e. The van der Waals surface area contributed by atoms with Crippen molar-refractivity contribution in [2.24, 2.45) is 0 Å². The molecule has 0 saturated carbocycles. The fourth-order valence-electron chi connectivity index (χ4n) is 1.91. The van der Waals surface area contributed by atoms with E-state index in [4.69, 9.17) is 9.47 Å². The first-order valence-electron chi connectivity index (χ1n) is 7.79. The Bertz CT molecular complexity index is 674. The van der Waals surface area contributed by atoms with Gasteiger partial charge in [0.25, 0.3) is 5.91 Å². The van der Waals surface area contributed by atoms with Gasteiger partial charge in [0.15, 0.2) is 0 Å². The van der Waals surface area contributed by atoms with E-state index in [2.05, 4.69) is 15.6 Å². The van der Waals surface area contributed by atoms with Crippen molar-refractivity contribution in [1.29, 1.82) is 0 Å². The van der Waals surface area contributed by atoms with Gasteiger partial charge in [-0.1, -0.05) is 12.1 Å². The Morgan fingerprint density at radius 1 is 1.28 bits per heavy atom. The zero-order chi connectivity index (χ0) is 18.1. The average Bonchev–Trinajstić information content (AvgIpc) is 3.15. The molecule has 1 atom stereocenters. The predicted octanol–water partition coefficient (Wildman–Crippen LogP) is 1.60. The Kier molecular flexibility index (Phi) is 7.36. The molecule has 0 aliphatic heterocycles. The quantitative estimate of drug-likeness (QED) is 0.661. The van der Waals surface area contributed by atoms with E-state index >= 15 is 0 Å². The second-order valence-corrected chi connectivity index (χ2v) is 6.18. The van der Waals surface area contributed by atoms with Crippen LogP contribution in [0.1, 0.15) is 22.2 Å². The number of carbonyl (C=O) groups excluding carboxylic acids is 2. The van der Waals surface area contributed by atoms with Gasteiger partial charge in [-0.2, -0.15) is 0 Å². The monoisotopic (exact) mass is 363 g/mol. The fourth-order valence-corrected chi connectivity index (χ4v) is 2.54. The summed E-state index contributed by atoms with van der Waals surface area (Å²) in [6, 6.07) is 6.44. The van der Waals surface area contributed by atoms with Crippen molar-refractivity contribution < 1.29 is 19.1 Å². The minimum Gasteiger partial charge on any atom is -0.475 e. The molecule has 2 aromatic heterocycles. The molecular formula is C17H21N3O4S. The third kappa shape index (κ3) is 6.17. The molecule has 0 radical (unpaired) electrons. The maximum absolute atomic E-state index is 12.1. The summed E-state index contributed by atoms with van der Waals surface area (Å²) in [5, 5.41) is 7.25. The van der Waals surface area contributed by atoms with E-state index in [1.54, 1.807) is 38.4 Å². The molecule has 2 heterocycles. The Balaban J connectivity index is 1.76. The maximum Gasteiger partial charge on any atom is 0.261 e. The average molecular weight is 363 g/mol. The number of hydrogen-bond acceptors (Lipinski definition) is 6. The van der Waals surface area contributed by atoms with Gasteiger partial charge in [0.2, 0.25) is 11.8 Å². The topological polar surface area (TPSA) is 89.5 Å². The first-order valence-corrected chi connectivity index (χ1v) is 8.67. The maximum atomic E-state index is 12.1. The van der Waals surface area contributed by atoms with E-state index in [1.165, 1.54) is 11.3 Å². The molecule has 7 nitrogen and oxygen atoms in total. The lowest BCUT2D eigenvalue weighted by Crippen LogP contribution is -2.44. The highest BCUT2D eigenvalue weighted by atomic mass is 32.1. The summed E-state index contributed by atoms with van der Waals surface area (Å²) in [7, 11) is 1.60. The summed E-state index contributed by atoms with van der Waals surface area (Å²) in [6.45, 7) is 2.89. The van der Waals surface area contributed by atoms with Crippen LogP contribution in [-0.2, 0) is 16.1 Å². The van der Waals surface area contributed by atoms with Gasteiger partial charge in [-0.05, 0) is 23.9 Å². The fraction of sp³-hybridized carbons (Fsp3) is 0.353. The molecule has 1 unspecified atom stereocenters. The molecule has 0 aromatic carbocycles. The third-order valence-corrected chi connectivity index (χ3v) is 4.16. The van der Waals surface area contributed by atoms with E-state index in [0.29, 0.717) is 30.5 Å². The molecule has 2 aromatic rings. The van der Waals surface area contributed by atoms with Crippen LogP contribution < -0.4 is 15.4 Å². The predicted molar refractivity (Wildman–Crippen MR) is 94.7 cm³/mol. The summed E-state index contributed by atoms with van der Waals surface area (Å²) in [4.78, 5) is 28.7. The molecule has 0 fully saturated rings. The van der Waals surface area contributed by atoms with Gasteiger partial charge < -0.3 is 20.1 Å². The van der Waals surface area contributed by atoms with Gasteiger partial charge in [0.1, 0.15) is 12.6 Å². The number of methoxy groups -OCH3 is 1. The van der Waals surface area contributed by atoms with Crippen LogP contribution in [0.15, 0.2) is 35.8 Å². The number of thiophene rings is 1. The number of amides is 2. The number of hydrogen-bond donors (Lipinski definition) is 2. The summed E-state index contributed by atoms with van der Waals surface area (Å²) < 4.78 is 10.3. The van der Waals surface area contributed by atoms with Crippen LogP contribution in [0.4, 0.5) is 0 Å². The van der Waals surface area contributed by atoms with E-state index in [1.807, 2.05) is 11.4 Å². The van der Waals surface area contributed by atoms with Crippen molar-refractivity contribution in [3.05, 3.63) is 46.3 Å². The van der Waals surface area contributed by atoms with Crippen LogP contribution in [0.2, 0.25) is 0 Å². The number of pyridine rings is 1. The first kappa shape index (κ1) is 18.9. The van der Waals surface area contributed by atoms with E-state index in [0.717, 1.165) is 5.56 Å². The molecule has 0 spiro atoms. The van der Waals surface area contributed by atoms with Crippen LogP contribution in [0.3, 0.4) is 0 Å². The van der Waals surface area contributed by atoms with Crippen molar-refractivity contribution in [2.75, 3.05) is 20.3 Å². The molecule has 2 N–H and O–H groups in total. The third-order valence-electron chi connectivity index (χ3n) is 3.29. The highest BCUT2D eigenvalue weighted by molar-refractivity contribution is 7.12. The number of nitrogens with zero attached hydrogens (tertiary/aromatic N) is 1. The number of nitrogens with one attached hydrogen (secondary N) is 2. The summed E-state index contributed by atoms with van der Waals surface area (Å²) in [5.41, 5.74) is 0.837. The van der Waals surface area contributed by atoms with Gasteiger partial charge in [-0.25, -0.2) is 4.98 Å². The van der Waals surface area contributed by atoms with Crippen LogP contribution in [0.5, 0.6) is 5.88 Å². The second-order valence-electron chi connectivity index (χ2n) is 5.24. The number of carbonyl (C=O) groups is 2. The second kappa shape index (κ2) is 9.75. The lowest BCUT2D eigenvalue weighted by Gasteiger charge is -2.13. The van der Waals surface area contributed by atoms with Crippen molar-refractivity contribution in [3.63, 3.8) is 0 Å². The SMILES string of the molecule is COCCOc1ccc(CNC(=O)C(C)NC(=O)c2cccs2)cn1. The normalized spacial score (nSPS) is 11.6. The van der Waals surface area contributed by atoms with Crippen LogP contribution in [0.25, 0.3) is 0 Å². The molecule has 25 heavy (non-hydrogen) atoms. The Hall–Kier alpha value is -2.45. The van der Waals surface area contributed by atoms with Gasteiger partial charge in [-0.15, -0.1) is 11.3 Å². The van der Waals surface area contributed by atoms with E-state index in [9.17, 15) is 9.59 Å². The standard InChI is InChI=1S/C17H21N3O4S/c1-12(20-17(22)14-4-3-9-25-14)16(21)19-11-13-5-6-15(18-10-13)24-8-7-23-2/h3-6,9-10,12H,7-8,11H2,1-2H3,(H,19,21)(H,20,22). The molecule has 8 heteroatoms. The summed E-state index contributed by atoms with van der Waals surface area (Å²) in [5.74, 6) is -0.00842. The molecule has 134 valence electrons.